The molecular formula is C16H22FN3O. The van der Waals surface area contributed by atoms with Crippen molar-refractivity contribution in [3.8, 4) is 0 Å². The van der Waals surface area contributed by atoms with Crippen LogP contribution in [0.3, 0.4) is 0 Å². The number of nitrogens with zero attached hydrogens (tertiary/aromatic N) is 1. The van der Waals surface area contributed by atoms with Gasteiger partial charge in [0.2, 0.25) is 0 Å². The summed E-state index contributed by atoms with van der Waals surface area (Å²) in [5.41, 5.74) is 6.58. The Labute approximate surface area is 124 Å². The van der Waals surface area contributed by atoms with E-state index in [1.165, 1.54) is 31.4 Å². The molecule has 2 aliphatic rings. The zero-order chi connectivity index (χ0) is 14.9. The molecule has 1 aliphatic heterocycles. The summed E-state index contributed by atoms with van der Waals surface area (Å²) in [5, 5.41) is 3.47. The number of nitrogens with one attached hydrogen (secondary N) is 1. The van der Waals surface area contributed by atoms with Gasteiger partial charge in [-0.25, -0.2) is 4.39 Å². The second-order valence-electron chi connectivity index (χ2n) is 6.14. The number of nitrogens with two attached hydrogens (primary N) is 1. The lowest BCUT2D eigenvalue weighted by Gasteiger charge is -2.51. The first-order chi connectivity index (χ1) is 10.1. The quantitative estimate of drug-likeness (QED) is 0.876. The van der Waals surface area contributed by atoms with E-state index in [4.69, 9.17) is 5.73 Å². The molecule has 0 aromatic heterocycles. The molecule has 0 atom stereocenters. The second kappa shape index (κ2) is 5.64. The Morgan fingerprint density at radius 3 is 2.76 bits per heavy atom. The van der Waals surface area contributed by atoms with E-state index < -0.39 is 11.7 Å². The number of benzene rings is 1. The minimum atomic E-state index is -0.561. The van der Waals surface area contributed by atoms with Gasteiger partial charge in [-0.3, -0.25) is 4.79 Å². The lowest BCUT2D eigenvalue weighted by atomic mass is 9.78. The van der Waals surface area contributed by atoms with Crippen LogP contribution in [0.25, 0.3) is 0 Å². The Hall–Kier alpha value is -1.62. The summed E-state index contributed by atoms with van der Waals surface area (Å²) in [7, 11) is 0. The number of hydrogen-bond donors (Lipinski definition) is 2. The normalized spacial score (nSPS) is 21.5. The maximum Gasteiger partial charge on any atom is 0.250 e. The van der Waals surface area contributed by atoms with Gasteiger partial charge < -0.3 is 16.0 Å². The highest BCUT2D eigenvalue weighted by atomic mass is 19.1. The molecule has 21 heavy (non-hydrogen) atoms. The van der Waals surface area contributed by atoms with Gasteiger partial charge in [0.1, 0.15) is 5.82 Å². The summed E-state index contributed by atoms with van der Waals surface area (Å²) in [6.07, 6.45) is 5.88. The lowest BCUT2D eigenvalue weighted by molar-refractivity contribution is 0.0999. The van der Waals surface area contributed by atoms with Gasteiger partial charge in [0.05, 0.1) is 16.8 Å². The van der Waals surface area contributed by atoms with E-state index in [0.717, 1.165) is 38.2 Å². The fourth-order valence-electron chi connectivity index (χ4n) is 3.82. The van der Waals surface area contributed by atoms with Gasteiger partial charge in [-0.1, -0.05) is 19.3 Å². The number of hydrogen-bond acceptors (Lipinski definition) is 3. The molecule has 0 radical (unpaired) electrons. The number of piperazine rings is 1. The van der Waals surface area contributed by atoms with Gasteiger partial charge in [-0.2, -0.15) is 0 Å². The van der Waals surface area contributed by atoms with Crippen molar-refractivity contribution in [3.63, 3.8) is 0 Å². The molecule has 114 valence electrons. The summed E-state index contributed by atoms with van der Waals surface area (Å²) in [6.45, 7) is 2.62. The predicted molar refractivity (Wildman–Crippen MR) is 80.9 cm³/mol. The first-order valence-corrected chi connectivity index (χ1v) is 7.70. The largest absolute Gasteiger partial charge is 0.366 e. The van der Waals surface area contributed by atoms with Crippen LogP contribution in [0.15, 0.2) is 18.2 Å². The molecule has 1 spiro atoms. The third-order valence-electron chi connectivity index (χ3n) is 4.84. The minimum absolute atomic E-state index is 0.0402. The Kier molecular flexibility index (Phi) is 3.85. The monoisotopic (exact) mass is 291 g/mol. The van der Waals surface area contributed by atoms with Crippen LogP contribution in [0.2, 0.25) is 0 Å². The van der Waals surface area contributed by atoms with Crippen LogP contribution < -0.4 is 16.0 Å². The number of rotatable bonds is 2. The smallest absolute Gasteiger partial charge is 0.250 e. The maximum atomic E-state index is 13.5. The van der Waals surface area contributed by atoms with Crippen LogP contribution in [0.1, 0.15) is 42.5 Å². The molecule has 2 fully saturated rings. The Morgan fingerprint density at radius 2 is 2.05 bits per heavy atom. The van der Waals surface area contributed by atoms with E-state index in [9.17, 15) is 9.18 Å². The number of carbonyl (C=O) groups is 1. The van der Waals surface area contributed by atoms with Crippen molar-refractivity contribution in [2.75, 3.05) is 24.5 Å². The van der Waals surface area contributed by atoms with Gasteiger partial charge in [0, 0.05) is 19.6 Å². The number of halogens is 1. The van der Waals surface area contributed by atoms with Crippen molar-refractivity contribution in [1.29, 1.82) is 0 Å². The van der Waals surface area contributed by atoms with E-state index in [1.54, 1.807) is 6.07 Å². The Bertz CT molecular complexity index is 532. The van der Waals surface area contributed by atoms with Crippen LogP contribution in [0, 0.1) is 5.82 Å². The molecule has 1 aromatic carbocycles. The Balaban J connectivity index is 2.02. The molecule has 0 bridgehead atoms. The molecule has 1 saturated heterocycles. The van der Waals surface area contributed by atoms with Crippen LogP contribution in [0.4, 0.5) is 10.1 Å². The van der Waals surface area contributed by atoms with E-state index >= 15 is 0 Å². The predicted octanol–water partition coefficient (Wildman–Crippen LogP) is 2.04. The maximum absolute atomic E-state index is 13.5. The SMILES string of the molecule is NC(=O)c1cc(F)ccc1N1CCNCC12CCCCC2. The molecule has 1 amide bonds. The number of primary amides is 1. The zero-order valence-electron chi connectivity index (χ0n) is 12.2. The van der Waals surface area contributed by atoms with Crippen molar-refractivity contribution in [2.24, 2.45) is 5.73 Å². The molecule has 3 N–H and O–H groups in total. The van der Waals surface area contributed by atoms with Crippen molar-refractivity contribution >= 4 is 11.6 Å². The molecule has 1 saturated carbocycles. The van der Waals surface area contributed by atoms with Crippen molar-refractivity contribution in [3.05, 3.63) is 29.6 Å². The van der Waals surface area contributed by atoms with Gasteiger partial charge in [-0.05, 0) is 31.0 Å². The molecule has 4 nitrogen and oxygen atoms in total. The van der Waals surface area contributed by atoms with E-state index in [0.29, 0.717) is 5.56 Å². The first-order valence-electron chi connectivity index (χ1n) is 7.70. The van der Waals surface area contributed by atoms with Crippen LogP contribution in [-0.4, -0.2) is 31.1 Å². The highest BCUT2D eigenvalue weighted by molar-refractivity contribution is 5.98. The summed E-state index contributed by atoms with van der Waals surface area (Å²) < 4.78 is 13.5. The number of anilines is 1. The molecule has 5 heteroatoms. The lowest BCUT2D eigenvalue weighted by Crippen LogP contribution is -2.62. The molecular weight excluding hydrogens is 269 g/mol. The van der Waals surface area contributed by atoms with E-state index in [2.05, 4.69) is 10.2 Å². The third-order valence-corrected chi connectivity index (χ3v) is 4.84. The van der Waals surface area contributed by atoms with Crippen molar-refractivity contribution in [2.45, 2.75) is 37.6 Å². The van der Waals surface area contributed by atoms with Crippen LogP contribution in [-0.2, 0) is 0 Å². The van der Waals surface area contributed by atoms with E-state index in [1.807, 2.05) is 0 Å². The van der Waals surface area contributed by atoms with Gasteiger partial charge in [0.25, 0.3) is 5.91 Å². The van der Waals surface area contributed by atoms with Crippen molar-refractivity contribution < 1.29 is 9.18 Å². The molecule has 1 aromatic rings. The molecule has 0 unspecified atom stereocenters. The fourth-order valence-corrected chi connectivity index (χ4v) is 3.82. The van der Waals surface area contributed by atoms with Crippen LogP contribution >= 0.6 is 0 Å². The topological polar surface area (TPSA) is 58.4 Å². The number of carbonyl (C=O) groups excluding carboxylic acids is 1. The van der Waals surface area contributed by atoms with Gasteiger partial charge >= 0.3 is 0 Å². The third kappa shape index (κ3) is 2.62. The Morgan fingerprint density at radius 1 is 1.29 bits per heavy atom. The molecule has 3 rings (SSSR count). The number of amides is 1. The average Bonchev–Trinajstić information content (AvgIpc) is 2.49. The highest BCUT2D eigenvalue weighted by Gasteiger charge is 2.40. The van der Waals surface area contributed by atoms with Gasteiger partial charge in [0.15, 0.2) is 0 Å². The first kappa shape index (κ1) is 14.3. The molecule has 1 heterocycles. The molecule has 1 aliphatic carbocycles. The second-order valence-corrected chi connectivity index (χ2v) is 6.14. The zero-order valence-corrected chi connectivity index (χ0v) is 12.2. The van der Waals surface area contributed by atoms with Crippen molar-refractivity contribution in [1.82, 2.24) is 5.32 Å². The summed E-state index contributed by atoms with van der Waals surface area (Å²) >= 11 is 0. The highest BCUT2D eigenvalue weighted by Crippen LogP contribution is 2.39. The van der Waals surface area contributed by atoms with E-state index in [-0.39, 0.29) is 5.54 Å². The van der Waals surface area contributed by atoms with Crippen LogP contribution in [0.5, 0.6) is 0 Å². The average molecular weight is 291 g/mol. The summed E-state index contributed by atoms with van der Waals surface area (Å²) in [6, 6.07) is 4.38. The summed E-state index contributed by atoms with van der Waals surface area (Å²) in [5.74, 6) is -0.977. The fraction of sp³-hybridized carbons (Fsp3) is 0.562. The minimum Gasteiger partial charge on any atom is -0.366 e. The van der Waals surface area contributed by atoms with Gasteiger partial charge in [-0.15, -0.1) is 0 Å². The summed E-state index contributed by atoms with van der Waals surface area (Å²) in [4.78, 5) is 14.0. The standard InChI is InChI=1S/C16H22FN3O/c17-12-4-5-14(13(10-12)15(18)21)20-9-8-19-11-16(20)6-2-1-3-7-16/h4-5,10,19H,1-3,6-9,11H2,(H2,18,21).